The van der Waals surface area contributed by atoms with Crippen molar-refractivity contribution in [1.82, 2.24) is 20.0 Å². The zero-order valence-electron chi connectivity index (χ0n) is 20.6. The van der Waals surface area contributed by atoms with Gasteiger partial charge in [-0.25, -0.2) is 0 Å². The Labute approximate surface area is 209 Å². The third-order valence-corrected chi connectivity index (χ3v) is 6.91. The van der Waals surface area contributed by atoms with Gasteiger partial charge in [-0.15, -0.1) is 0 Å². The number of fused-ring (bicyclic) bond motifs is 2. The molecule has 6 heteroatoms. The lowest BCUT2D eigenvalue weighted by Gasteiger charge is -2.40. The highest BCUT2D eigenvalue weighted by Gasteiger charge is 2.27. The number of rotatable bonds is 3. The molecule has 2 aliphatic rings. The molecule has 3 atom stereocenters. The van der Waals surface area contributed by atoms with Crippen molar-refractivity contribution in [3.8, 4) is 0 Å². The Morgan fingerprint density at radius 3 is 2.31 bits per heavy atom. The van der Waals surface area contributed by atoms with Gasteiger partial charge in [0.25, 0.3) is 0 Å². The Hall–Kier alpha value is -2.96. The van der Waals surface area contributed by atoms with E-state index in [2.05, 4.69) is 39.4 Å². The molecule has 35 heavy (non-hydrogen) atoms. The van der Waals surface area contributed by atoms with E-state index in [4.69, 9.17) is 0 Å². The van der Waals surface area contributed by atoms with Crippen molar-refractivity contribution in [2.24, 2.45) is 0 Å². The number of hydrogen-bond donors (Lipinski definition) is 1. The molecule has 186 valence electrons. The molecule has 2 heterocycles. The molecule has 6 nitrogen and oxygen atoms in total. The van der Waals surface area contributed by atoms with Gasteiger partial charge in [-0.1, -0.05) is 60.7 Å². The van der Waals surface area contributed by atoms with E-state index in [0.717, 1.165) is 64.1 Å². The molecule has 2 saturated heterocycles. The number of carbonyl (C=O) groups is 2. The van der Waals surface area contributed by atoms with Crippen LogP contribution in [0.5, 0.6) is 0 Å². The highest BCUT2D eigenvalue weighted by molar-refractivity contribution is 5.91. The molecule has 2 unspecified atom stereocenters. The zero-order chi connectivity index (χ0) is 24.3. The van der Waals surface area contributed by atoms with Crippen molar-refractivity contribution >= 4 is 17.9 Å². The van der Waals surface area contributed by atoms with Gasteiger partial charge in [-0.2, -0.15) is 0 Å². The predicted octanol–water partition coefficient (Wildman–Crippen LogP) is 3.93. The summed E-state index contributed by atoms with van der Waals surface area (Å²) in [5.41, 5.74) is 2.23. The zero-order valence-corrected chi connectivity index (χ0v) is 20.6. The number of amides is 2. The number of hydrogen-bond acceptors (Lipinski definition) is 4. The Kier molecular flexibility index (Phi) is 9.49. The summed E-state index contributed by atoms with van der Waals surface area (Å²) in [4.78, 5) is 32.7. The van der Waals surface area contributed by atoms with Crippen LogP contribution in [0.1, 0.15) is 49.3 Å². The molecule has 2 aromatic rings. The number of nitrogens with one attached hydrogen (secondary N) is 1. The molecule has 0 spiro atoms. The second-order valence-electron chi connectivity index (χ2n) is 9.54. The normalized spacial score (nSPS) is 24.9. The summed E-state index contributed by atoms with van der Waals surface area (Å²) in [7, 11) is 0. The summed E-state index contributed by atoms with van der Waals surface area (Å²) in [6.07, 6.45) is 7.92. The second-order valence-corrected chi connectivity index (χ2v) is 9.54. The molecule has 0 radical (unpaired) electrons. The van der Waals surface area contributed by atoms with E-state index >= 15 is 0 Å². The van der Waals surface area contributed by atoms with E-state index in [1.54, 1.807) is 6.08 Å². The lowest BCUT2D eigenvalue weighted by molar-refractivity contribution is -0.126. The monoisotopic (exact) mass is 474 g/mol. The molecule has 1 N–H and O–H groups in total. The van der Waals surface area contributed by atoms with Crippen molar-refractivity contribution in [1.29, 1.82) is 0 Å². The van der Waals surface area contributed by atoms with Crippen LogP contribution in [0.4, 0.5) is 0 Å². The molecular weight excluding hydrogens is 436 g/mol. The SMILES string of the molecule is O=C1C[C@@H](c2ccccc2)N2CCCN(CCCCN(C(=O)/C=C/c3ccccc3)CCCN1)C2. The van der Waals surface area contributed by atoms with Crippen LogP contribution in [0, 0.1) is 0 Å². The van der Waals surface area contributed by atoms with Gasteiger partial charge < -0.3 is 10.2 Å². The van der Waals surface area contributed by atoms with E-state index < -0.39 is 0 Å². The fourth-order valence-corrected chi connectivity index (χ4v) is 5.02. The minimum atomic E-state index is 0.0396. The molecule has 0 saturated carbocycles. The highest BCUT2D eigenvalue weighted by atomic mass is 16.2. The Morgan fingerprint density at radius 1 is 0.829 bits per heavy atom. The molecule has 2 aliphatic heterocycles. The largest absolute Gasteiger partial charge is 0.356 e. The molecule has 2 amide bonds. The molecule has 2 aromatic carbocycles. The maximum absolute atomic E-state index is 12.9. The summed E-state index contributed by atoms with van der Waals surface area (Å²) < 4.78 is 0. The van der Waals surface area contributed by atoms with Gasteiger partial charge in [0.2, 0.25) is 11.8 Å². The summed E-state index contributed by atoms with van der Waals surface area (Å²) in [5, 5.41) is 3.11. The number of carbonyl (C=O) groups excluding carboxylic acids is 2. The van der Waals surface area contributed by atoms with Gasteiger partial charge in [-0.05, 0) is 49.4 Å². The van der Waals surface area contributed by atoms with Gasteiger partial charge in [0.15, 0.2) is 0 Å². The van der Waals surface area contributed by atoms with Crippen LogP contribution in [0.2, 0.25) is 0 Å². The van der Waals surface area contributed by atoms with Crippen LogP contribution in [0.3, 0.4) is 0 Å². The predicted molar refractivity (Wildman–Crippen MR) is 140 cm³/mol. The van der Waals surface area contributed by atoms with Crippen molar-refractivity contribution in [2.45, 2.75) is 38.1 Å². The molecular formula is C29H38N4O2. The van der Waals surface area contributed by atoms with Gasteiger partial charge >= 0.3 is 0 Å². The lowest BCUT2D eigenvalue weighted by atomic mass is 10.0. The third-order valence-electron chi connectivity index (χ3n) is 6.91. The molecule has 2 fully saturated rings. The highest BCUT2D eigenvalue weighted by Crippen LogP contribution is 2.27. The Balaban J connectivity index is 1.42. The maximum Gasteiger partial charge on any atom is 0.246 e. The standard InChI is InChI=1S/C29H38N4O2/c34-28-23-27(26-13-5-2-6-14-26)33-22-10-19-31(24-33)18-7-8-20-32(21-9-17-30-28)29(35)16-15-25-11-3-1-4-12-25/h1-6,11-16,27H,7-10,17-24H2,(H,30,34)/b16-15+/t27-/m0/s1. The summed E-state index contributed by atoms with van der Waals surface area (Å²) in [6.45, 7) is 5.98. The van der Waals surface area contributed by atoms with Crippen molar-refractivity contribution in [3.05, 3.63) is 77.9 Å². The average molecular weight is 475 g/mol. The van der Waals surface area contributed by atoms with E-state index in [0.29, 0.717) is 19.5 Å². The summed E-state index contributed by atoms with van der Waals surface area (Å²) in [6, 6.07) is 20.4. The van der Waals surface area contributed by atoms with Gasteiger partial charge in [0, 0.05) is 51.3 Å². The smallest absolute Gasteiger partial charge is 0.246 e. The van der Waals surface area contributed by atoms with E-state index in [1.807, 2.05) is 47.4 Å². The average Bonchev–Trinajstić information content (AvgIpc) is 2.90. The van der Waals surface area contributed by atoms with Crippen molar-refractivity contribution in [2.75, 3.05) is 45.9 Å². The summed E-state index contributed by atoms with van der Waals surface area (Å²) >= 11 is 0. The van der Waals surface area contributed by atoms with Crippen molar-refractivity contribution < 1.29 is 9.59 Å². The van der Waals surface area contributed by atoms with Crippen LogP contribution in [0.25, 0.3) is 6.08 Å². The third kappa shape index (κ3) is 7.77. The van der Waals surface area contributed by atoms with Crippen molar-refractivity contribution in [3.63, 3.8) is 0 Å². The quantitative estimate of drug-likeness (QED) is 0.685. The number of nitrogens with zero attached hydrogens (tertiary/aromatic N) is 3. The molecule has 4 rings (SSSR count). The van der Waals surface area contributed by atoms with Crippen LogP contribution >= 0.6 is 0 Å². The fraction of sp³-hybridized carbons (Fsp3) is 0.448. The maximum atomic E-state index is 12.9. The first kappa shape index (κ1) is 25.1. The second kappa shape index (κ2) is 13.2. The van der Waals surface area contributed by atoms with Crippen LogP contribution in [-0.2, 0) is 9.59 Å². The minimum absolute atomic E-state index is 0.0396. The van der Waals surface area contributed by atoms with Crippen LogP contribution in [-0.4, -0.2) is 72.5 Å². The van der Waals surface area contributed by atoms with Gasteiger partial charge in [0.1, 0.15) is 0 Å². The van der Waals surface area contributed by atoms with Gasteiger partial charge in [0.05, 0.1) is 6.67 Å². The molecule has 2 bridgehead atoms. The molecule has 0 aromatic heterocycles. The first-order valence-electron chi connectivity index (χ1n) is 13.0. The van der Waals surface area contributed by atoms with E-state index in [-0.39, 0.29) is 17.9 Å². The number of benzene rings is 2. The van der Waals surface area contributed by atoms with Crippen LogP contribution < -0.4 is 5.32 Å². The van der Waals surface area contributed by atoms with Gasteiger partial charge in [-0.3, -0.25) is 19.4 Å². The first-order chi connectivity index (χ1) is 17.2. The molecule has 0 aliphatic carbocycles. The fourth-order valence-electron chi connectivity index (χ4n) is 5.02. The minimum Gasteiger partial charge on any atom is -0.356 e. The van der Waals surface area contributed by atoms with E-state index in [9.17, 15) is 9.59 Å². The Bertz CT molecular complexity index is 963. The topological polar surface area (TPSA) is 55.9 Å². The first-order valence-corrected chi connectivity index (χ1v) is 13.0. The van der Waals surface area contributed by atoms with Crippen LogP contribution in [0.15, 0.2) is 66.7 Å². The summed E-state index contributed by atoms with van der Waals surface area (Å²) in [5.74, 6) is 0.116. The Morgan fingerprint density at radius 2 is 1.51 bits per heavy atom. The lowest BCUT2D eigenvalue weighted by Crippen LogP contribution is -2.47. The van der Waals surface area contributed by atoms with E-state index in [1.165, 1.54) is 5.56 Å².